The minimum absolute atomic E-state index is 0.0326. The van der Waals surface area contributed by atoms with Crippen LogP contribution in [0.5, 0.6) is 0 Å². The average molecular weight is 249 g/mol. The number of benzene rings is 2. The molecule has 0 N–H and O–H groups in total. The van der Waals surface area contributed by atoms with Crippen LogP contribution in [0.25, 0.3) is 0 Å². The summed E-state index contributed by atoms with van der Waals surface area (Å²) in [4.78, 5) is 17.1. The van der Waals surface area contributed by atoms with E-state index in [0.717, 1.165) is 23.1 Å². The molecule has 2 nitrogen and oxygen atoms in total. The first-order chi connectivity index (χ1) is 9.27. The molecule has 0 atom stereocenters. The molecule has 0 fully saturated rings. The lowest BCUT2D eigenvalue weighted by atomic mass is 9.91. The molecule has 94 valence electrons. The second-order valence-electron chi connectivity index (χ2n) is 4.78. The fourth-order valence-corrected chi connectivity index (χ4v) is 2.49. The largest absolute Gasteiger partial charge is 0.287 e. The van der Waals surface area contributed by atoms with Gasteiger partial charge in [-0.2, -0.15) is 0 Å². The van der Waals surface area contributed by atoms with Gasteiger partial charge in [0.1, 0.15) is 5.71 Å². The first-order valence-electron chi connectivity index (χ1n) is 6.50. The number of aliphatic imine (C=N–C) groups is 1. The van der Waals surface area contributed by atoms with Crippen molar-refractivity contribution in [3.63, 3.8) is 0 Å². The summed E-state index contributed by atoms with van der Waals surface area (Å²) in [5, 5.41) is 0. The summed E-state index contributed by atoms with van der Waals surface area (Å²) in [7, 11) is 0. The van der Waals surface area contributed by atoms with E-state index in [4.69, 9.17) is 0 Å². The van der Waals surface area contributed by atoms with Gasteiger partial charge in [0.25, 0.3) is 0 Å². The van der Waals surface area contributed by atoms with Gasteiger partial charge in [-0.3, -0.25) is 9.79 Å². The third-order valence-electron chi connectivity index (χ3n) is 3.53. The van der Waals surface area contributed by atoms with Crippen molar-refractivity contribution in [2.24, 2.45) is 4.99 Å². The Morgan fingerprint density at radius 2 is 1.79 bits per heavy atom. The van der Waals surface area contributed by atoms with Gasteiger partial charge in [0.2, 0.25) is 5.78 Å². The van der Waals surface area contributed by atoms with Gasteiger partial charge >= 0.3 is 0 Å². The predicted octanol–water partition coefficient (Wildman–Crippen LogP) is 3.22. The first-order valence-corrected chi connectivity index (χ1v) is 6.50. The van der Waals surface area contributed by atoms with Crippen LogP contribution in [-0.2, 0) is 6.42 Å². The zero-order valence-corrected chi connectivity index (χ0v) is 10.9. The first kappa shape index (κ1) is 11.8. The van der Waals surface area contributed by atoms with E-state index in [-0.39, 0.29) is 5.78 Å². The van der Waals surface area contributed by atoms with E-state index in [0.29, 0.717) is 12.3 Å². The average Bonchev–Trinajstić information content (AvgIpc) is 2.46. The number of Topliss-reactive ketones (excluding diaryl/α,β-unsaturated/α-hetero) is 1. The van der Waals surface area contributed by atoms with Gasteiger partial charge in [-0.05, 0) is 24.5 Å². The highest BCUT2D eigenvalue weighted by atomic mass is 16.1. The van der Waals surface area contributed by atoms with E-state index in [9.17, 15) is 4.79 Å². The van der Waals surface area contributed by atoms with Crippen LogP contribution < -0.4 is 0 Å². The number of carbonyl (C=O) groups excluding carboxylic acids is 1. The van der Waals surface area contributed by atoms with Crippen molar-refractivity contribution in [3.05, 3.63) is 70.8 Å². The number of carbonyl (C=O) groups is 1. The van der Waals surface area contributed by atoms with Gasteiger partial charge < -0.3 is 0 Å². The zero-order valence-electron chi connectivity index (χ0n) is 10.9. The van der Waals surface area contributed by atoms with Crippen LogP contribution in [0.1, 0.15) is 27.0 Å². The Balaban J connectivity index is 2.06. The van der Waals surface area contributed by atoms with Gasteiger partial charge in [-0.15, -0.1) is 0 Å². The van der Waals surface area contributed by atoms with E-state index >= 15 is 0 Å². The maximum Gasteiger partial charge on any atom is 0.211 e. The van der Waals surface area contributed by atoms with Crippen LogP contribution in [-0.4, -0.2) is 18.0 Å². The Morgan fingerprint density at radius 1 is 1.05 bits per heavy atom. The standard InChI is InChI=1S/C17H15NO/c1-12-6-2-4-8-14(12)17(19)16-15-9-5-3-7-13(15)10-11-18-16/h2-9H,10-11H2,1H3. The maximum atomic E-state index is 12.7. The molecule has 0 aliphatic carbocycles. The fourth-order valence-electron chi connectivity index (χ4n) is 2.49. The van der Waals surface area contributed by atoms with Crippen LogP contribution in [0.15, 0.2) is 53.5 Å². The smallest absolute Gasteiger partial charge is 0.211 e. The van der Waals surface area contributed by atoms with Crippen molar-refractivity contribution >= 4 is 11.5 Å². The van der Waals surface area contributed by atoms with Crippen molar-refractivity contribution < 1.29 is 4.79 Å². The molecule has 0 saturated heterocycles. The second-order valence-corrected chi connectivity index (χ2v) is 4.78. The van der Waals surface area contributed by atoms with Crippen molar-refractivity contribution in [1.29, 1.82) is 0 Å². The van der Waals surface area contributed by atoms with Crippen LogP contribution in [0.2, 0.25) is 0 Å². The molecule has 2 aromatic carbocycles. The van der Waals surface area contributed by atoms with Crippen LogP contribution >= 0.6 is 0 Å². The van der Waals surface area contributed by atoms with E-state index in [1.165, 1.54) is 5.56 Å². The Hall–Kier alpha value is -2.22. The number of hydrogen-bond acceptors (Lipinski definition) is 2. The molecular formula is C17H15NO. The molecule has 19 heavy (non-hydrogen) atoms. The summed E-state index contributed by atoms with van der Waals surface area (Å²) < 4.78 is 0. The highest BCUT2D eigenvalue weighted by molar-refractivity contribution is 6.52. The summed E-state index contributed by atoms with van der Waals surface area (Å²) >= 11 is 0. The number of nitrogens with zero attached hydrogens (tertiary/aromatic N) is 1. The van der Waals surface area contributed by atoms with Crippen molar-refractivity contribution in [1.82, 2.24) is 0 Å². The Kier molecular flexibility index (Phi) is 3.00. The molecule has 2 heteroatoms. The van der Waals surface area contributed by atoms with E-state index < -0.39 is 0 Å². The zero-order chi connectivity index (χ0) is 13.2. The van der Waals surface area contributed by atoms with Gasteiger partial charge in [-0.1, -0.05) is 48.5 Å². The molecule has 0 radical (unpaired) electrons. The third-order valence-corrected chi connectivity index (χ3v) is 3.53. The van der Waals surface area contributed by atoms with E-state index in [1.807, 2.05) is 49.4 Å². The molecule has 0 bridgehead atoms. The summed E-state index contributed by atoms with van der Waals surface area (Å²) in [5.74, 6) is 0.0326. The summed E-state index contributed by atoms with van der Waals surface area (Å²) in [6, 6.07) is 15.7. The molecule has 1 heterocycles. The molecule has 0 amide bonds. The third kappa shape index (κ3) is 2.10. The van der Waals surface area contributed by atoms with E-state index in [1.54, 1.807) is 0 Å². The van der Waals surface area contributed by atoms with Gasteiger partial charge in [0.05, 0.1) is 0 Å². The predicted molar refractivity (Wildman–Crippen MR) is 77.1 cm³/mol. The monoisotopic (exact) mass is 249 g/mol. The summed E-state index contributed by atoms with van der Waals surface area (Å²) in [5.41, 5.74) is 4.56. The normalized spacial score (nSPS) is 13.6. The lowest BCUT2D eigenvalue weighted by molar-refractivity contribution is 0.106. The molecule has 0 aromatic heterocycles. The topological polar surface area (TPSA) is 29.4 Å². The SMILES string of the molecule is Cc1ccccc1C(=O)C1=NCCc2ccccc21. The lowest BCUT2D eigenvalue weighted by Gasteiger charge is -2.16. The Morgan fingerprint density at radius 3 is 2.63 bits per heavy atom. The van der Waals surface area contributed by atoms with Gasteiger partial charge in [-0.25, -0.2) is 0 Å². The molecular weight excluding hydrogens is 234 g/mol. The highest BCUT2D eigenvalue weighted by Gasteiger charge is 2.22. The fraction of sp³-hybridized carbons (Fsp3) is 0.176. The summed E-state index contributed by atoms with van der Waals surface area (Å²) in [6.45, 7) is 2.66. The van der Waals surface area contributed by atoms with Crippen LogP contribution in [0.3, 0.4) is 0 Å². The molecule has 0 spiro atoms. The van der Waals surface area contributed by atoms with Crippen molar-refractivity contribution in [3.8, 4) is 0 Å². The molecule has 1 aliphatic heterocycles. The summed E-state index contributed by atoms with van der Waals surface area (Å²) in [6.07, 6.45) is 0.917. The van der Waals surface area contributed by atoms with Gasteiger partial charge in [0, 0.05) is 17.7 Å². The van der Waals surface area contributed by atoms with Gasteiger partial charge in [0.15, 0.2) is 0 Å². The number of ketones is 1. The number of aryl methyl sites for hydroxylation is 1. The molecule has 0 saturated carbocycles. The molecule has 2 aromatic rings. The lowest BCUT2D eigenvalue weighted by Crippen LogP contribution is -2.22. The van der Waals surface area contributed by atoms with Crippen LogP contribution in [0, 0.1) is 6.92 Å². The Labute approximate surface area is 112 Å². The number of rotatable bonds is 2. The quantitative estimate of drug-likeness (QED) is 0.751. The molecule has 3 rings (SSSR count). The number of hydrogen-bond donors (Lipinski definition) is 0. The molecule has 0 unspecified atom stereocenters. The van der Waals surface area contributed by atoms with E-state index in [2.05, 4.69) is 11.1 Å². The minimum Gasteiger partial charge on any atom is -0.287 e. The van der Waals surface area contributed by atoms with Crippen molar-refractivity contribution in [2.45, 2.75) is 13.3 Å². The highest BCUT2D eigenvalue weighted by Crippen LogP contribution is 2.19. The Bertz CT molecular complexity index is 670. The minimum atomic E-state index is 0.0326. The number of fused-ring (bicyclic) bond motifs is 1. The van der Waals surface area contributed by atoms with Crippen LogP contribution in [0.4, 0.5) is 0 Å². The maximum absolute atomic E-state index is 12.7. The second kappa shape index (κ2) is 4.81. The van der Waals surface area contributed by atoms with Crippen molar-refractivity contribution in [2.75, 3.05) is 6.54 Å². The molecule has 1 aliphatic rings.